The molecule has 110 valence electrons. The van der Waals surface area contributed by atoms with Gasteiger partial charge >= 0.3 is 0 Å². The van der Waals surface area contributed by atoms with Gasteiger partial charge in [-0.1, -0.05) is 26.7 Å². The van der Waals surface area contributed by atoms with Crippen LogP contribution in [0, 0.1) is 17.3 Å². The molecule has 2 fully saturated rings. The summed E-state index contributed by atoms with van der Waals surface area (Å²) in [7, 11) is 0. The smallest absolute Gasteiger partial charge is 0.222 e. The molecule has 1 atom stereocenters. The first-order chi connectivity index (χ1) is 9.06. The third-order valence-corrected chi connectivity index (χ3v) is 5.99. The molecule has 0 spiro atoms. The molecule has 0 radical (unpaired) electrons. The predicted octanol–water partition coefficient (Wildman–Crippen LogP) is 3.76. The summed E-state index contributed by atoms with van der Waals surface area (Å²) in [5.74, 6) is 2.75. The Labute approximate surface area is 123 Å². The molecule has 1 aliphatic heterocycles. The van der Waals surface area contributed by atoms with E-state index in [-0.39, 0.29) is 0 Å². The molecule has 0 aromatic carbocycles. The summed E-state index contributed by atoms with van der Waals surface area (Å²) in [4.78, 5) is 14.5. The zero-order chi connectivity index (χ0) is 13.9. The third-order valence-electron chi connectivity index (χ3n) is 5.32. The van der Waals surface area contributed by atoms with Crippen LogP contribution in [0.1, 0.15) is 58.8 Å². The maximum atomic E-state index is 12.3. The lowest BCUT2D eigenvalue weighted by Gasteiger charge is -2.34. The predicted molar refractivity (Wildman–Crippen MR) is 83.5 cm³/mol. The van der Waals surface area contributed by atoms with Crippen molar-refractivity contribution in [3.05, 3.63) is 0 Å². The molecule has 1 aliphatic carbocycles. The standard InChI is InChI=1S/C16H29NOS/c1-13(2)14-5-6-15(18)17(10-7-14)11-16(12-19)8-3-4-9-16/h13-14,19H,3-12H2,1-2H3. The zero-order valence-corrected chi connectivity index (χ0v) is 13.4. The third kappa shape index (κ3) is 3.68. The largest absolute Gasteiger partial charge is 0.342 e. The molecule has 2 aliphatic rings. The average molecular weight is 283 g/mol. The van der Waals surface area contributed by atoms with Crippen molar-refractivity contribution >= 4 is 18.5 Å². The van der Waals surface area contributed by atoms with E-state index < -0.39 is 0 Å². The van der Waals surface area contributed by atoms with Crippen LogP contribution >= 0.6 is 12.6 Å². The molecule has 1 unspecified atom stereocenters. The lowest BCUT2D eigenvalue weighted by molar-refractivity contribution is -0.132. The van der Waals surface area contributed by atoms with Crippen LogP contribution in [0.3, 0.4) is 0 Å². The van der Waals surface area contributed by atoms with Gasteiger partial charge in [0.2, 0.25) is 5.91 Å². The first-order valence-corrected chi connectivity index (χ1v) is 8.58. The van der Waals surface area contributed by atoms with E-state index in [1.165, 1.54) is 32.1 Å². The second-order valence-electron chi connectivity index (χ2n) is 7.01. The second-order valence-corrected chi connectivity index (χ2v) is 7.33. The number of nitrogens with zero attached hydrogens (tertiary/aromatic N) is 1. The Balaban J connectivity index is 1.97. The fourth-order valence-corrected chi connectivity index (χ4v) is 4.20. The van der Waals surface area contributed by atoms with E-state index in [2.05, 4.69) is 31.4 Å². The molecule has 2 rings (SSSR count). The van der Waals surface area contributed by atoms with Gasteiger partial charge < -0.3 is 4.90 Å². The van der Waals surface area contributed by atoms with Crippen LogP contribution in [0.5, 0.6) is 0 Å². The van der Waals surface area contributed by atoms with Gasteiger partial charge in [0.15, 0.2) is 0 Å². The summed E-state index contributed by atoms with van der Waals surface area (Å²) in [6.07, 6.45) is 8.18. The Morgan fingerprint density at radius 1 is 1.32 bits per heavy atom. The van der Waals surface area contributed by atoms with Crippen molar-refractivity contribution in [2.24, 2.45) is 17.3 Å². The highest BCUT2D eigenvalue weighted by molar-refractivity contribution is 7.80. The van der Waals surface area contributed by atoms with Crippen molar-refractivity contribution in [2.45, 2.75) is 58.8 Å². The summed E-state index contributed by atoms with van der Waals surface area (Å²) < 4.78 is 0. The van der Waals surface area contributed by atoms with E-state index in [9.17, 15) is 4.79 Å². The quantitative estimate of drug-likeness (QED) is 0.779. The SMILES string of the molecule is CC(C)C1CCC(=O)N(CC2(CS)CCCC2)CC1. The minimum absolute atomic E-state index is 0.316. The van der Waals surface area contributed by atoms with E-state index >= 15 is 0 Å². The van der Waals surface area contributed by atoms with Crippen molar-refractivity contribution in [2.75, 3.05) is 18.8 Å². The normalized spacial score (nSPS) is 27.9. The highest BCUT2D eigenvalue weighted by Gasteiger charge is 2.36. The number of likely N-dealkylation sites (tertiary alicyclic amines) is 1. The number of carbonyl (C=O) groups excluding carboxylic acids is 1. The molecule has 19 heavy (non-hydrogen) atoms. The van der Waals surface area contributed by atoms with Crippen LogP contribution in [0.2, 0.25) is 0 Å². The van der Waals surface area contributed by atoms with Gasteiger partial charge in [-0.05, 0) is 48.7 Å². The van der Waals surface area contributed by atoms with Crippen molar-refractivity contribution < 1.29 is 4.79 Å². The monoisotopic (exact) mass is 283 g/mol. The molecule has 1 saturated carbocycles. The number of thiol groups is 1. The summed E-state index contributed by atoms with van der Waals surface area (Å²) in [6, 6.07) is 0. The highest BCUT2D eigenvalue weighted by Crippen LogP contribution is 2.40. The van der Waals surface area contributed by atoms with Crippen molar-refractivity contribution in [1.82, 2.24) is 4.90 Å². The number of amides is 1. The van der Waals surface area contributed by atoms with Crippen molar-refractivity contribution in [3.8, 4) is 0 Å². The van der Waals surface area contributed by atoms with E-state index in [4.69, 9.17) is 0 Å². The molecule has 2 nitrogen and oxygen atoms in total. The average Bonchev–Trinajstić information content (AvgIpc) is 2.77. The fraction of sp³-hybridized carbons (Fsp3) is 0.938. The summed E-state index contributed by atoms with van der Waals surface area (Å²) >= 11 is 4.57. The van der Waals surface area contributed by atoms with Crippen LogP contribution in [0.25, 0.3) is 0 Å². The number of hydrogen-bond donors (Lipinski definition) is 1. The topological polar surface area (TPSA) is 20.3 Å². The van der Waals surface area contributed by atoms with Gasteiger partial charge in [-0.15, -0.1) is 0 Å². The van der Waals surface area contributed by atoms with E-state index in [0.717, 1.165) is 37.6 Å². The van der Waals surface area contributed by atoms with Crippen LogP contribution in [0.4, 0.5) is 0 Å². The van der Waals surface area contributed by atoms with E-state index in [1.807, 2.05) is 0 Å². The van der Waals surface area contributed by atoms with Crippen LogP contribution in [-0.4, -0.2) is 29.6 Å². The molecule has 1 saturated heterocycles. The van der Waals surface area contributed by atoms with Crippen LogP contribution in [0.15, 0.2) is 0 Å². The van der Waals surface area contributed by atoms with E-state index in [0.29, 0.717) is 17.2 Å². The Morgan fingerprint density at radius 3 is 2.58 bits per heavy atom. The summed E-state index contributed by atoms with van der Waals surface area (Å²) in [6.45, 7) is 6.51. The maximum absolute atomic E-state index is 12.3. The Morgan fingerprint density at radius 2 is 2.00 bits per heavy atom. The van der Waals surface area contributed by atoms with Gasteiger partial charge in [0.1, 0.15) is 0 Å². The number of rotatable bonds is 4. The fourth-order valence-electron chi connectivity index (χ4n) is 3.79. The minimum Gasteiger partial charge on any atom is -0.342 e. The first kappa shape index (κ1) is 15.2. The van der Waals surface area contributed by atoms with Gasteiger partial charge in [-0.3, -0.25) is 4.79 Å². The van der Waals surface area contributed by atoms with Crippen LogP contribution in [-0.2, 0) is 4.79 Å². The van der Waals surface area contributed by atoms with E-state index in [1.54, 1.807) is 0 Å². The molecular weight excluding hydrogens is 254 g/mol. The molecule has 0 aromatic rings. The highest BCUT2D eigenvalue weighted by atomic mass is 32.1. The summed E-state index contributed by atoms with van der Waals surface area (Å²) in [5, 5.41) is 0. The molecule has 1 heterocycles. The van der Waals surface area contributed by atoms with Crippen molar-refractivity contribution in [1.29, 1.82) is 0 Å². The Bertz CT molecular complexity index is 310. The van der Waals surface area contributed by atoms with Gasteiger partial charge in [-0.25, -0.2) is 0 Å². The molecule has 1 amide bonds. The number of carbonyl (C=O) groups is 1. The molecule has 3 heteroatoms. The Kier molecular flexibility index (Phi) is 5.22. The molecular formula is C16H29NOS. The second kappa shape index (κ2) is 6.51. The van der Waals surface area contributed by atoms with Gasteiger partial charge in [0.05, 0.1) is 0 Å². The van der Waals surface area contributed by atoms with Gasteiger partial charge in [0, 0.05) is 19.5 Å². The van der Waals surface area contributed by atoms with Gasteiger partial charge in [-0.2, -0.15) is 12.6 Å². The van der Waals surface area contributed by atoms with Crippen molar-refractivity contribution in [3.63, 3.8) is 0 Å². The molecule has 0 aromatic heterocycles. The minimum atomic E-state index is 0.316. The molecule has 0 N–H and O–H groups in total. The zero-order valence-electron chi connectivity index (χ0n) is 12.5. The molecule has 0 bridgehead atoms. The maximum Gasteiger partial charge on any atom is 0.222 e. The summed E-state index contributed by atoms with van der Waals surface area (Å²) in [5.41, 5.74) is 0.316. The lowest BCUT2D eigenvalue weighted by atomic mass is 9.87. The Hall–Kier alpha value is -0.180. The van der Waals surface area contributed by atoms with Gasteiger partial charge in [0.25, 0.3) is 0 Å². The van der Waals surface area contributed by atoms with Crippen LogP contribution < -0.4 is 0 Å². The lowest BCUT2D eigenvalue weighted by Crippen LogP contribution is -2.41. The number of hydrogen-bond acceptors (Lipinski definition) is 2. The first-order valence-electron chi connectivity index (χ1n) is 7.95.